The van der Waals surface area contributed by atoms with Gasteiger partial charge in [0.1, 0.15) is 18.2 Å². The van der Waals surface area contributed by atoms with Gasteiger partial charge < -0.3 is 15.2 Å². The van der Waals surface area contributed by atoms with Crippen LogP contribution >= 0.6 is 15.9 Å². The lowest BCUT2D eigenvalue weighted by atomic mass is 10.1. The number of nitrogens with two attached hydrogens (primary N) is 1. The maximum Gasteiger partial charge on any atom is 0.165 e. The number of rotatable bonds is 5. The van der Waals surface area contributed by atoms with E-state index in [9.17, 15) is 4.39 Å². The SMILES string of the molecule is COc1ccc(C(=N)N)cc1COc1cc(Br)ccc1F. The van der Waals surface area contributed by atoms with Crippen LogP contribution in [-0.2, 0) is 6.61 Å². The fourth-order valence-electron chi connectivity index (χ4n) is 1.80. The zero-order valence-corrected chi connectivity index (χ0v) is 12.9. The van der Waals surface area contributed by atoms with Crippen molar-refractivity contribution in [3.05, 3.63) is 57.8 Å². The Morgan fingerprint density at radius 1 is 1.24 bits per heavy atom. The summed E-state index contributed by atoms with van der Waals surface area (Å²) in [5.74, 6) is 0.238. The quantitative estimate of drug-likeness (QED) is 0.639. The van der Waals surface area contributed by atoms with Crippen LogP contribution in [0.4, 0.5) is 4.39 Å². The zero-order chi connectivity index (χ0) is 15.4. The fourth-order valence-corrected chi connectivity index (χ4v) is 2.14. The Hall–Kier alpha value is -2.08. The molecule has 0 radical (unpaired) electrons. The number of halogens is 2. The minimum absolute atomic E-state index is 0.0486. The van der Waals surface area contributed by atoms with Crippen LogP contribution in [-0.4, -0.2) is 12.9 Å². The highest BCUT2D eigenvalue weighted by Crippen LogP contribution is 2.26. The average Bonchev–Trinajstić information content (AvgIpc) is 2.47. The van der Waals surface area contributed by atoms with Crippen molar-refractivity contribution in [2.45, 2.75) is 6.61 Å². The first-order chi connectivity index (χ1) is 10.0. The molecule has 0 amide bonds. The van der Waals surface area contributed by atoms with Gasteiger partial charge in [-0.05, 0) is 36.4 Å². The summed E-state index contributed by atoms with van der Waals surface area (Å²) in [4.78, 5) is 0. The molecule has 2 rings (SSSR count). The number of hydrogen-bond acceptors (Lipinski definition) is 3. The second kappa shape index (κ2) is 6.58. The van der Waals surface area contributed by atoms with E-state index in [1.807, 2.05) is 0 Å². The number of ether oxygens (including phenoxy) is 2. The summed E-state index contributed by atoms with van der Waals surface area (Å²) in [6.45, 7) is 0.109. The monoisotopic (exact) mass is 352 g/mol. The minimum atomic E-state index is -0.445. The van der Waals surface area contributed by atoms with Gasteiger partial charge in [-0.15, -0.1) is 0 Å². The first-order valence-electron chi connectivity index (χ1n) is 6.10. The first-order valence-corrected chi connectivity index (χ1v) is 6.89. The summed E-state index contributed by atoms with van der Waals surface area (Å²) >= 11 is 3.27. The Balaban J connectivity index is 2.24. The van der Waals surface area contributed by atoms with Gasteiger partial charge in [0, 0.05) is 15.6 Å². The van der Waals surface area contributed by atoms with Gasteiger partial charge in [0.15, 0.2) is 11.6 Å². The zero-order valence-electron chi connectivity index (χ0n) is 11.3. The predicted molar refractivity (Wildman–Crippen MR) is 82.4 cm³/mol. The predicted octanol–water partition coefficient (Wildman–Crippen LogP) is 3.46. The molecular formula is C15H14BrFN2O2. The molecule has 0 saturated heterocycles. The number of nitrogens with one attached hydrogen (secondary N) is 1. The van der Waals surface area contributed by atoms with Gasteiger partial charge in [-0.25, -0.2) is 4.39 Å². The lowest BCUT2D eigenvalue weighted by Gasteiger charge is -2.12. The van der Waals surface area contributed by atoms with Crippen LogP contribution in [0.15, 0.2) is 40.9 Å². The number of nitrogen functional groups attached to an aromatic ring is 1. The van der Waals surface area contributed by atoms with Crippen molar-refractivity contribution in [2.24, 2.45) is 5.73 Å². The fraction of sp³-hybridized carbons (Fsp3) is 0.133. The van der Waals surface area contributed by atoms with Crippen LogP contribution in [0.3, 0.4) is 0 Å². The molecule has 0 aromatic heterocycles. The summed E-state index contributed by atoms with van der Waals surface area (Å²) in [6, 6.07) is 9.55. The van der Waals surface area contributed by atoms with Crippen LogP contribution in [0.2, 0.25) is 0 Å². The van der Waals surface area contributed by atoms with Crippen LogP contribution in [0.5, 0.6) is 11.5 Å². The number of methoxy groups -OCH3 is 1. The van der Waals surface area contributed by atoms with E-state index in [4.69, 9.17) is 20.6 Å². The highest BCUT2D eigenvalue weighted by atomic mass is 79.9. The van der Waals surface area contributed by atoms with E-state index in [-0.39, 0.29) is 18.2 Å². The van der Waals surface area contributed by atoms with Crippen molar-refractivity contribution in [3.63, 3.8) is 0 Å². The van der Waals surface area contributed by atoms with E-state index >= 15 is 0 Å². The molecule has 2 aromatic carbocycles. The Kier molecular flexibility index (Phi) is 4.80. The Labute approximate surface area is 130 Å². The summed E-state index contributed by atoms with van der Waals surface area (Å²) < 4.78 is 25.1. The molecule has 0 unspecified atom stereocenters. The van der Waals surface area contributed by atoms with Crippen molar-refractivity contribution in [3.8, 4) is 11.5 Å². The lowest BCUT2D eigenvalue weighted by molar-refractivity contribution is 0.282. The lowest BCUT2D eigenvalue weighted by Crippen LogP contribution is -2.12. The minimum Gasteiger partial charge on any atom is -0.496 e. The highest BCUT2D eigenvalue weighted by molar-refractivity contribution is 9.10. The smallest absolute Gasteiger partial charge is 0.165 e. The largest absolute Gasteiger partial charge is 0.496 e. The molecule has 0 aliphatic heterocycles. The van der Waals surface area contributed by atoms with Crippen LogP contribution < -0.4 is 15.2 Å². The molecule has 0 fully saturated rings. The molecule has 110 valence electrons. The van der Waals surface area contributed by atoms with E-state index < -0.39 is 5.82 Å². The van der Waals surface area contributed by atoms with Crippen molar-refractivity contribution in [1.82, 2.24) is 0 Å². The van der Waals surface area contributed by atoms with Crippen LogP contribution in [0, 0.1) is 11.2 Å². The Morgan fingerprint density at radius 2 is 2.00 bits per heavy atom. The average molecular weight is 353 g/mol. The van der Waals surface area contributed by atoms with Crippen molar-refractivity contribution >= 4 is 21.8 Å². The second-order valence-electron chi connectivity index (χ2n) is 4.30. The van der Waals surface area contributed by atoms with E-state index in [1.165, 1.54) is 13.2 Å². The number of amidine groups is 1. The first kappa shape index (κ1) is 15.3. The summed E-state index contributed by atoms with van der Waals surface area (Å²) in [5, 5.41) is 7.45. The molecule has 0 saturated carbocycles. The third-order valence-electron chi connectivity index (χ3n) is 2.87. The molecule has 0 heterocycles. The summed E-state index contributed by atoms with van der Waals surface area (Å²) in [5.41, 5.74) is 6.71. The van der Waals surface area contributed by atoms with E-state index in [0.717, 1.165) is 4.47 Å². The molecule has 0 bridgehead atoms. The maximum atomic E-state index is 13.6. The molecule has 0 aliphatic carbocycles. The van der Waals surface area contributed by atoms with Gasteiger partial charge >= 0.3 is 0 Å². The second-order valence-corrected chi connectivity index (χ2v) is 5.22. The number of benzene rings is 2. The maximum absolute atomic E-state index is 13.6. The molecular weight excluding hydrogens is 339 g/mol. The molecule has 2 aromatic rings. The molecule has 4 nitrogen and oxygen atoms in total. The van der Waals surface area contributed by atoms with E-state index in [2.05, 4.69) is 15.9 Å². The van der Waals surface area contributed by atoms with Gasteiger partial charge in [-0.3, -0.25) is 5.41 Å². The Morgan fingerprint density at radius 3 is 2.67 bits per heavy atom. The van der Waals surface area contributed by atoms with Gasteiger partial charge in [0.2, 0.25) is 0 Å². The summed E-state index contributed by atoms with van der Waals surface area (Å²) in [6.07, 6.45) is 0. The number of hydrogen-bond donors (Lipinski definition) is 2. The standard InChI is InChI=1S/C15H14BrFN2O2/c1-20-13-5-2-9(15(18)19)6-10(13)8-21-14-7-11(16)3-4-12(14)17/h2-7H,8H2,1H3,(H3,18,19). The summed E-state index contributed by atoms with van der Waals surface area (Å²) in [7, 11) is 1.53. The molecule has 6 heteroatoms. The van der Waals surface area contributed by atoms with Gasteiger partial charge in [-0.1, -0.05) is 15.9 Å². The molecule has 0 aliphatic rings. The molecule has 3 N–H and O–H groups in total. The third kappa shape index (κ3) is 3.72. The highest BCUT2D eigenvalue weighted by Gasteiger charge is 2.09. The third-order valence-corrected chi connectivity index (χ3v) is 3.36. The van der Waals surface area contributed by atoms with Crippen LogP contribution in [0.1, 0.15) is 11.1 Å². The molecule has 0 atom stereocenters. The normalized spacial score (nSPS) is 10.2. The van der Waals surface area contributed by atoms with Gasteiger partial charge in [0.25, 0.3) is 0 Å². The van der Waals surface area contributed by atoms with E-state index in [1.54, 1.807) is 30.3 Å². The van der Waals surface area contributed by atoms with Gasteiger partial charge in [-0.2, -0.15) is 0 Å². The molecule has 0 spiro atoms. The van der Waals surface area contributed by atoms with Crippen molar-refractivity contribution in [1.29, 1.82) is 5.41 Å². The Bertz CT molecular complexity index is 677. The van der Waals surface area contributed by atoms with Gasteiger partial charge in [0.05, 0.1) is 7.11 Å². The van der Waals surface area contributed by atoms with Crippen molar-refractivity contribution < 1.29 is 13.9 Å². The van der Waals surface area contributed by atoms with E-state index in [0.29, 0.717) is 16.9 Å². The van der Waals surface area contributed by atoms with Crippen LogP contribution in [0.25, 0.3) is 0 Å². The topological polar surface area (TPSA) is 68.3 Å². The molecule has 21 heavy (non-hydrogen) atoms. The van der Waals surface area contributed by atoms with Crippen molar-refractivity contribution in [2.75, 3.05) is 7.11 Å².